The molecule has 7 nitrogen and oxygen atoms in total. The van der Waals surface area contributed by atoms with Gasteiger partial charge in [0.05, 0.1) is 17.3 Å². The summed E-state index contributed by atoms with van der Waals surface area (Å²) in [5.41, 5.74) is 5.33. The molecule has 0 bridgehead atoms. The van der Waals surface area contributed by atoms with E-state index in [1.54, 1.807) is 12.1 Å². The minimum Gasteiger partial charge on any atom is -0.366 e. The predicted molar refractivity (Wildman–Crippen MR) is 148 cm³/mol. The van der Waals surface area contributed by atoms with E-state index in [0.29, 0.717) is 35.7 Å². The zero-order valence-electron chi connectivity index (χ0n) is 23.4. The van der Waals surface area contributed by atoms with Crippen LogP contribution in [0.3, 0.4) is 0 Å². The van der Waals surface area contributed by atoms with Crippen LogP contribution in [-0.4, -0.2) is 26.6 Å². The lowest BCUT2D eigenvalue weighted by molar-refractivity contribution is -0.142. The second-order valence-electron chi connectivity index (χ2n) is 10.9. The number of amides is 2. The van der Waals surface area contributed by atoms with E-state index in [1.807, 2.05) is 6.92 Å². The van der Waals surface area contributed by atoms with Gasteiger partial charge < -0.3 is 11.1 Å². The van der Waals surface area contributed by atoms with E-state index in [1.165, 1.54) is 18.3 Å². The van der Waals surface area contributed by atoms with Crippen molar-refractivity contribution in [2.45, 2.75) is 51.4 Å². The monoisotopic (exact) mass is 615 g/mol. The number of benzene rings is 2. The molecule has 230 valence electrons. The number of hydrogen-bond acceptors (Lipinski definition) is 4. The molecular formula is C31H27F6N5O2. The van der Waals surface area contributed by atoms with Crippen molar-refractivity contribution in [1.29, 1.82) is 0 Å². The molecule has 3 N–H and O–H groups in total. The molecule has 0 fully saturated rings. The molecule has 0 spiro atoms. The Morgan fingerprint density at radius 1 is 1.09 bits per heavy atom. The van der Waals surface area contributed by atoms with Crippen LogP contribution in [0.2, 0.25) is 0 Å². The van der Waals surface area contributed by atoms with Crippen molar-refractivity contribution >= 4 is 11.8 Å². The summed E-state index contributed by atoms with van der Waals surface area (Å²) >= 11 is 0. The number of carbonyl (C=O) groups excluding carboxylic acids is 2. The van der Waals surface area contributed by atoms with Gasteiger partial charge >= 0.3 is 6.18 Å². The number of alkyl halides is 3. The van der Waals surface area contributed by atoms with Crippen LogP contribution in [-0.2, 0) is 36.8 Å². The largest absolute Gasteiger partial charge is 0.435 e. The summed E-state index contributed by atoms with van der Waals surface area (Å²) in [5.74, 6) is -4.26. The molecule has 2 aromatic carbocycles. The topological polar surface area (TPSA) is 103 Å². The molecule has 44 heavy (non-hydrogen) atoms. The van der Waals surface area contributed by atoms with E-state index in [-0.39, 0.29) is 41.1 Å². The van der Waals surface area contributed by atoms with Crippen molar-refractivity contribution < 1.29 is 35.9 Å². The lowest BCUT2D eigenvalue weighted by Crippen LogP contribution is -2.34. The van der Waals surface area contributed by atoms with Crippen LogP contribution in [0.4, 0.5) is 26.3 Å². The van der Waals surface area contributed by atoms with Crippen LogP contribution >= 0.6 is 0 Å². The Kier molecular flexibility index (Phi) is 8.49. The van der Waals surface area contributed by atoms with Gasteiger partial charge in [-0.1, -0.05) is 19.1 Å². The zero-order chi connectivity index (χ0) is 31.8. The molecule has 1 aliphatic rings. The van der Waals surface area contributed by atoms with Crippen LogP contribution in [0.25, 0.3) is 11.1 Å². The predicted octanol–water partition coefficient (Wildman–Crippen LogP) is 5.71. The third-order valence-electron chi connectivity index (χ3n) is 7.56. The van der Waals surface area contributed by atoms with Gasteiger partial charge in [-0.05, 0) is 73.1 Å². The molecular weight excluding hydrogens is 588 g/mol. The van der Waals surface area contributed by atoms with Crippen molar-refractivity contribution in [1.82, 2.24) is 20.1 Å². The minimum atomic E-state index is -4.70. The van der Waals surface area contributed by atoms with Crippen LogP contribution in [0, 0.1) is 23.4 Å². The highest BCUT2D eigenvalue weighted by atomic mass is 19.4. The van der Waals surface area contributed by atoms with Gasteiger partial charge in [-0.15, -0.1) is 0 Å². The molecule has 0 saturated heterocycles. The van der Waals surface area contributed by atoms with Crippen molar-refractivity contribution in [2.24, 2.45) is 11.7 Å². The normalized spacial score (nSPS) is 15.5. The van der Waals surface area contributed by atoms with Gasteiger partial charge in [0.2, 0.25) is 5.91 Å². The van der Waals surface area contributed by atoms with Crippen LogP contribution in [0.1, 0.15) is 58.0 Å². The molecule has 4 aromatic rings. The SMILES string of the molecule is C[C@H]1CCc2c(c(C(F)(F)F)nn2CC(=O)N[C@@H](Cc2cc(F)cc(F)c2)c2ncccc2-c2ccc(F)c(C(N)=O)c2)C1. The quantitative estimate of drug-likeness (QED) is 0.248. The maximum atomic E-state index is 14.2. The van der Waals surface area contributed by atoms with Gasteiger partial charge in [0.25, 0.3) is 5.91 Å². The number of nitrogens with zero attached hydrogens (tertiary/aromatic N) is 3. The summed E-state index contributed by atoms with van der Waals surface area (Å²) in [4.78, 5) is 29.6. The highest BCUT2D eigenvalue weighted by Gasteiger charge is 2.40. The number of pyridine rings is 1. The van der Waals surface area contributed by atoms with Crippen LogP contribution in [0.15, 0.2) is 54.7 Å². The second-order valence-corrected chi connectivity index (χ2v) is 10.9. The van der Waals surface area contributed by atoms with Gasteiger partial charge in [0, 0.05) is 29.1 Å². The zero-order valence-corrected chi connectivity index (χ0v) is 23.4. The Labute approximate surface area is 248 Å². The summed E-state index contributed by atoms with van der Waals surface area (Å²) in [6.45, 7) is 1.30. The number of nitrogens with one attached hydrogen (secondary N) is 1. The summed E-state index contributed by atoms with van der Waals surface area (Å²) in [7, 11) is 0. The minimum absolute atomic E-state index is 0.0234. The van der Waals surface area contributed by atoms with E-state index < -0.39 is 53.7 Å². The molecule has 0 saturated carbocycles. The first-order chi connectivity index (χ1) is 20.8. The third-order valence-corrected chi connectivity index (χ3v) is 7.56. The van der Waals surface area contributed by atoms with Crippen molar-refractivity contribution in [3.8, 4) is 11.1 Å². The average Bonchev–Trinajstić information content (AvgIpc) is 3.30. The lowest BCUT2D eigenvalue weighted by Gasteiger charge is -2.23. The Bertz CT molecular complexity index is 1710. The summed E-state index contributed by atoms with van der Waals surface area (Å²) in [5, 5.41) is 6.50. The first-order valence-corrected chi connectivity index (χ1v) is 13.7. The van der Waals surface area contributed by atoms with Crippen LogP contribution in [0.5, 0.6) is 0 Å². The molecule has 1 aliphatic carbocycles. The number of rotatable bonds is 8. The summed E-state index contributed by atoms with van der Waals surface area (Å²) in [6, 6.07) is 8.57. The average molecular weight is 616 g/mol. The smallest absolute Gasteiger partial charge is 0.366 e. The van der Waals surface area contributed by atoms with Crippen molar-refractivity contribution in [2.75, 3.05) is 0 Å². The van der Waals surface area contributed by atoms with Gasteiger partial charge in [0.15, 0.2) is 5.69 Å². The Morgan fingerprint density at radius 3 is 2.50 bits per heavy atom. The maximum Gasteiger partial charge on any atom is 0.435 e. The second kappa shape index (κ2) is 12.1. The lowest BCUT2D eigenvalue weighted by atomic mass is 9.87. The molecule has 0 unspecified atom stereocenters. The summed E-state index contributed by atoms with van der Waals surface area (Å²) in [6.07, 6.45) is -2.33. The number of halogens is 6. The Hall–Kier alpha value is -4.68. The fraction of sp³-hybridized carbons (Fsp3) is 0.290. The van der Waals surface area contributed by atoms with E-state index >= 15 is 0 Å². The molecule has 2 atom stereocenters. The number of fused-ring (bicyclic) bond motifs is 1. The Balaban J connectivity index is 1.52. The van der Waals surface area contributed by atoms with E-state index in [2.05, 4.69) is 15.4 Å². The van der Waals surface area contributed by atoms with E-state index in [4.69, 9.17) is 5.73 Å². The highest BCUT2D eigenvalue weighted by molar-refractivity contribution is 5.94. The fourth-order valence-corrected chi connectivity index (χ4v) is 5.60. The number of aromatic nitrogens is 3. The van der Waals surface area contributed by atoms with Gasteiger partial charge in [-0.3, -0.25) is 19.3 Å². The van der Waals surface area contributed by atoms with Gasteiger partial charge in [-0.2, -0.15) is 18.3 Å². The number of carbonyl (C=O) groups is 2. The molecule has 2 aromatic heterocycles. The molecule has 0 aliphatic heterocycles. The molecule has 2 amide bonds. The Morgan fingerprint density at radius 2 is 1.82 bits per heavy atom. The van der Waals surface area contributed by atoms with Gasteiger partial charge in [0.1, 0.15) is 24.0 Å². The maximum absolute atomic E-state index is 14.2. The molecule has 2 heterocycles. The third kappa shape index (κ3) is 6.61. The first kappa shape index (κ1) is 30.8. The molecule has 5 rings (SSSR count). The number of nitrogens with two attached hydrogens (primary N) is 1. The molecule has 13 heteroatoms. The first-order valence-electron chi connectivity index (χ1n) is 13.7. The van der Waals surface area contributed by atoms with E-state index in [0.717, 1.165) is 22.9 Å². The van der Waals surface area contributed by atoms with E-state index in [9.17, 15) is 35.9 Å². The number of hydrogen-bond donors (Lipinski definition) is 2. The fourth-order valence-electron chi connectivity index (χ4n) is 5.60. The van der Waals surface area contributed by atoms with Crippen molar-refractivity contribution in [3.05, 3.63) is 106 Å². The van der Waals surface area contributed by atoms with Crippen molar-refractivity contribution in [3.63, 3.8) is 0 Å². The number of primary amides is 1. The summed E-state index contributed by atoms with van der Waals surface area (Å²) < 4.78 is 84.9. The highest BCUT2D eigenvalue weighted by Crippen LogP contribution is 2.37. The molecule has 0 radical (unpaired) electrons. The van der Waals surface area contributed by atoms with Crippen LogP contribution < -0.4 is 11.1 Å². The van der Waals surface area contributed by atoms with Gasteiger partial charge in [-0.25, -0.2) is 13.2 Å². The standard InChI is InChI=1S/C31H27F6N5O2/c1-16-4-7-26-23(9-16)29(31(35,36)37)41-42(26)15-27(43)40-25(12-17-10-19(32)14-20(33)11-17)28-21(3-2-8-39-28)18-5-6-24(34)22(13-18)30(38)44/h2-3,5-6,8,10-11,13-14,16,25H,4,7,9,12,15H2,1H3,(H2,38,44)(H,40,43)/t16-,25-/m0/s1.